The van der Waals surface area contributed by atoms with E-state index in [4.69, 9.17) is 0 Å². The van der Waals surface area contributed by atoms with E-state index in [9.17, 15) is 9.59 Å². The fourth-order valence-corrected chi connectivity index (χ4v) is 3.18. The van der Waals surface area contributed by atoms with Gasteiger partial charge >= 0.3 is 0 Å². The van der Waals surface area contributed by atoms with Gasteiger partial charge in [-0.1, -0.05) is 42.5 Å². The van der Waals surface area contributed by atoms with Gasteiger partial charge in [0.25, 0.3) is 11.1 Å². The Bertz CT molecular complexity index is 731. The maximum Gasteiger partial charge on any atom is 0.293 e. The number of amides is 2. The lowest BCUT2D eigenvalue weighted by molar-refractivity contribution is -0.122. The summed E-state index contributed by atoms with van der Waals surface area (Å²) in [5, 5.41) is 2.01. The zero-order valence-corrected chi connectivity index (χ0v) is 11.8. The van der Waals surface area contributed by atoms with Gasteiger partial charge in [-0.25, -0.2) is 0 Å². The first-order valence-corrected chi connectivity index (χ1v) is 7.25. The summed E-state index contributed by atoms with van der Waals surface area (Å²) in [6, 6.07) is 14.0. The van der Waals surface area contributed by atoms with Gasteiger partial charge in [-0.05, 0) is 41.1 Å². The summed E-state index contributed by atoms with van der Waals surface area (Å²) in [6.07, 6.45) is 1.81. The normalized spacial score (nSPS) is 17.4. The monoisotopic (exact) mass is 283 g/mol. The third-order valence-electron chi connectivity index (χ3n) is 3.30. The van der Waals surface area contributed by atoms with Crippen LogP contribution in [-0.2, 0) is 4.79 Å². The van der Waals surface area contributed by atoms with Crippen molar-refractivity contribution in [3.05, 3.63) is 52.9 Å². The minimum Gasteiger partial charge on any atom is -0.269 e. The summed E-state index contributed by atoms with van der Waals surface area (Å²) < 4.78 is 0. The Kier molecular flexibility index (Phi) is 3.32. The molecular weight excluding hydrogens is 270 g/mol. The second-order valence-electron chi connectivity index (χ2n) is 4.49. The molecule has 1 saturated heterocycles. The fourth-order valence-electron chi connectivity index (χ4n) is 2.29. The molecule has 1 aliphatic heterocycles. The van der Waals surface area contributed by atoms with E-state index in [1.807, 2.05) is 48.5 Å². The van der Waals surface area contributed by atoms with Crippen molar-refractivity contribution in [1.29, 1.82) is 0 Å². The third kappa shape index (κ3) is 2.12. The highest BCUT2D eigenvalue weighted by Crippen LogP contribution is 2.33. The van der Waals surface area contributed by atoms with Crippen molar-refractivity contribution in [3.63, 3.8) is 0 Å². The van der Waals surface area contributed by atoms with E-state index in [-0.39, 0.29) is 11.1 Å². The van der Waals surface area contributed by atoms with Gasteiger partial charge in [0.2, 0.25) is 0 Å². The van der Waals surface area contributed by atoms with Gasteiger partial charge in [-0.3, -0.25) is 14.5 Å². The number of fused-ring (bicyclic) bond motifs is 1. The van der Waals surface area contributed by atoms with Gasteiger partial charge in [0, 0.05) is 6.54 Å². The van der Waals surface area contributed by atoms with Crippen LogP contribution >= 0.6 is 11.8 Å². The molecule has 20 heavy (non-hydrogen) atoms. The van der Waals surface area contributed by atoms with Gasteiger partial charge in [0.1, 0.15) is 0 Å². The molecule has 0 N–H and O–H groups in total. The van der Waals surface area contributed by atoms with Gasteiger partial charge < -0.3 is 0 Å². The topological polar surface area (TPSA) is 37.4 Å². The van der Waals surface area contributed by atoms with E-state index in [0.717, 1.165) is 28.1 Å². The van der Waals surface area contributed by atoms with Crippen LogP contribution in [0.5, 0.6) is 0 Å². The molecule has 4 heteroatoms. The molecule has 2 amide bonds. The van der Waals surface area contributed by atoms with Crippen LogP contribution in [0.25, 0.3) is 16.8 Å². The van der Waals surface area contributed by atoms with E-state index < -0.39 is 0 Å². The van der Waals surface area contributed by atoms with E-state index in [1.54, 1.807) is 6.92 Å². The van der Waals surface area contributed by atoms with Crippen LogP contribution in [0.2, 0.25) is 0 Å². The average Bonchev–Trinajstić information content (AvgIpc) is 2.73. The minimum atomic E-state index is -0.199. The number of hydrogen-bond donors (Lipinski definition) is 0. The predicted molar refractivity (Wildman–Crippen MR) is 82.3 cm³/mol. The molecule has 0 spiro atoms. The Morgan fingerprint density at radius 3 is 2.60 bits per heavy atom. The first-order chi connectivity index (χ1) is 9.70. The second kappa shape index (κ2) is 5.13. The highest BCUT2D eigenvalue weighted by Gasteiger charge is 2.33. The molecule has 3 rings (SSSR count). The van der Waals surface area contributed by atoms with Crippen LogP contribution < -0.4 is 0 Å². The van der Waals surface area contributed by atoms with Gasteiger partial charge in [0.15, 0.2) is 0 Å². The smallest absolute Gasteiger partial charge is 0.269 e. The number of thioether (sulfide) groups is 1. The van der Waals surface area contributed by atoms with Crippen molar-refractivity contribution in [1.82, 2.24) is 4.90 Å². The fraction of sp³-hybridized carbons (Fsp3) is 0.125. The van der Waals surface area contributed by atoms with Crippen molar-refractivity contribution in [2.75, 3.05) is 6.54 Å². The lowest BCUT2D eigenvalue weighted by Gasteiger charge is -2.07. The summed E-state index contributed by atoms with van der Waals surface area (Å²) in [5.41, 5.74) is 0.963. The molecule has 1 fully saturated rings. The number of imide groups is 1. The molecular formula is C16H13NO2S. The van der Waals surface area contributed by atoms with Gasteiger partial charge in [-0.2, -0.15) is 0 Å². The molecule has 0 aromatic heterocycles. The molecule has 1 heterocycles. The molecule has 2 aromatic carbocycles. The summed E-state index contributed by atoms with van der Waals surface area (Å²) >= 11 is 1.01. The average molecular weight is 283 g/mol. The maximum atomic E-state index is 12.1. The Morgan fingerprint density at radius 1 is 1.10 bits per heavy atom. The van der Waals surface area contributed by atoms with Crippen LogP contribution in [0, 0.1) is 0 Å². The summed E-state index contributed by atoms with van der Waals surface area (Å²) in [4.78, 5) is 25.6. The Labute approximate surface area is 121 Å². The van der Waals surface area contributed by atoms with E-state index in [1.165, 1.54) is 4.90 Å². The first kappa shape index (κ1) is 12.9. The molecule has 0 atom stereocenters. The lowest BCUT2D eigenvalue weighted by Crippen LogP contribution is -2.27. The summed E-state index contributed by atoms with van der Waals surface area (Å²) in [5.74, 6) is -0.199. The summed E-state index contributed by atoms with van der Waals surface area (Å²) in [7, 11) is 0. The molecule has 0 aliphatic carbocycles. The molecule has 0 saturated carbocycles. The van der Waals surface area contributed by atoms with Crippen molar-refractivity contribution < 1.29 is 9.59 Å². The highest BCUT2D eigenvalue weighted by atomic mass is 32.2. The Morgan fingerprint density at radius 2 is 1.85 bits per heavy atom. The quantitative estimate of drug-likeness (QED) is 0.784. The number of likely N-dealkylation sites (N-methyl/N-ethyl adjacent to an activating group) is 1. The summed E-state index contributed by atoms with van der Waals surface area (Å²) in [6.45, 7) is 2.22. The number of carbonyl (C=O) groups is 2. The van der Waals surface area contributed by atoms with E-state index in [2.05, 4.69) is 0 Å². The molecule has 0 bridgehead atoms. The number of rotatable bonds is 2. The van der Waals surface area contributed by atoms with Gasteiger partial charge in [-0.15, -0.1) is 0 Å². The second-order valence-corrected chi connectivity index (χ2v) is 5.49. The maximum absolute atomic E-state index is 12.1. The van der Waals surface area contributed by atoms with Crippen molar-refractivity contribution in [2.45, 2.75) is 6.92 Å². The number of nitrogens with zero attached hydrogens (tertiary/aromatic N) is 1. The van der Waals surface area contributed by atoms with Crippen molar-refractivity contribution in [3.8, 4) is 0 Å². The van der Waals surface area contributed by atoms with Crippen LogP contribution in [0.3, 0.4) is 0 Å². The minimum absolute atomic E-state index is 0.191. The van der Waals surface area contributed by atoms with Crippen molar-refractivity contribution >= 4 is 39.8 Å². The zero-order chi connectivity index (χ0) is 14.1. The largest absolute Gasteiger partial charge is 0.293 e. The van der Waals surface area contributed by atoms with E-state index in [0.29, 0.717) is 11.4 Å². The highest BCUT2D eigenvalue weighted by molar-refractivity contribution is 8.18. The van der Waals surface area contributed by atoms with E-state index >= 15 is 0 Å². The lowest BCUT2D eigenvalue weighted by atomic mass is 10.0. The number of hydrogen-bond acceptors (Lipinski definition) is 3. The van der Waals surface area contributed by atoms with Crippen LogP contribution in [-0.4, -0.2) is 22.6 Å². The number of carbonyl (C=O) groups excluding carboxylic acids is 2. The zero-order valence-electron chi connectivity index (χ0n) is 11.0. The van der Waals surface area contributed by atoms with Gasteiger partial charge in [0.05, 0.1) is 4.91 Å². The standard InChI is InChI=1S/C16H13NO2S/c1-2-17-15(18)14(20-16(17)19)10-12-8-5-7-11-6-3-4-9-13(11)12/h3-10H,2H2,1H3/b14-10-. The first-order valence-electron chi connectivity index (χ1n) is 6.44. The molecule has 3 nitrogen and oxygen atoms in total. The molecule has 2 aromatic rings. The van der Waals surface area contributed by atoms with Crippen LogP contribution in [0.1, 0.15) is 12.5 Å². The number of benzene rings is 2. The van der Waals surface area contributed by atoms with Crippen molar-refractivity contribution in [2.24, 2.45) is 0 Å². The third-order valence-corrected chi connectivity index (χ3v) is 4.21. The molecule has 100 valence electrons. The molecule has 0 radical (unpaired) electrons. The molecule has 1 aliphatic rings. The van der Waals surface area contributed by atoms with Crippen LogP contribution in [0.15, 0.2) is 47.4 Å². The Hall–Kier alpha value is -2.07. The predicted octanol–water partition coefficient (Wildman–Crippen LogP) is 3.90. The Balaban J connectivity index is 2.07. The SMILES string of the molecule is CCN1C(=O)S/C(=C\c2cccc3ccccc23)C1=O. The molecule has 0 unspecified atom stereocenters. The van der Waals surface area contributed by atoms with Crippen LogP contribution in [0.4, 0.5) is 4.79 Å².